The number of aromatic nitrogens is 3. The van der Waals surface area contributed by atoms with Crippen LogP contribution in [0.5, 0.6) is 5.75 Å². The van der Waals surface area contributed by atoms with E-state index in [1.165, 1.54) is 12.1 Å². The molecule has 184 valence electrons. The fourth-order valence-corrected chi connectivity index (χ4v) is 4.99. The highest BCUT2D eigenvalue weighted by Gasteiger charge is 2.35. The summed E-state index contributed by atoms with van der Waals surface area (Å²) in [6, 6.07) is 3.66. The van der Waals surface area contributed by atoms with Crippen molar-refractivity contribution in [3.63, 3.8) is 0 Å². The summed E-state index contributed by atoms with van der Waals surface area (Å²) in [5, 5.41) is 13.1. The third-order valence-corrected chi connectivity index (χ3v) is 7.44. The second-order valence-electron chi connectivity index (χ2n) is 9.52. The van der Waals surface area contributed by atoms with Crippen LogP contribution in [0.3, 0.4) is 0 Å². The predicted molar refractivity (Wildman–Crippen MR) is 128 cm³/mol. The molecule has 2 aromatic heterocycles. The molecule has 1 aliphatic carbocycles. The molecule has 1 saturated carbocycles. The van der Waals surface area contributed by atoms with Gasteiger partial charge in [0.05, 0.1) is 40.8 Å². The van der Waals surface area contributed by atoms with Gasteiger partial charge >= 0.3 is 0 Å². The summed E-state index contributed by atoms with van der Waals surface area (Å²) < 4.78 is 36.7. The van der Waals surface area contributed by atoms with E-state index in [0.29, 0.717) is 35.6 Å². The molecule has 1 aromatic carbocycles. The van der Waals surface area contributed by atoms with Crippen LogP contribution in [-0.4, -0.2) is 43.4 Å². The van der Waals surface area contributed by atoms with Crippen LogP contribution in [0.15, 0.2) is 18.2 Å². The highest BCUT2D eigenvalue weighted by atomic mass is 35.5. The molecule has 0 spiro atoms. The van der Waals surface area contributed by atoms with Crippen LogP contribution in [-0.2, 0) is 13.1 Å². The number of carbonyl (C=O) groups excluding carboxylic acids is 1. The van der Waals surface area contributed by atoms with E-state index in [2.05, 4.69) is 10.1 Å². The van der Waals surface area contributed by atoms with Gasteiger partial charge in [-0.25, -0.2) is 18.3 Å². The molecule has 10 heteroatoms. The topological polar surface area (TPSA) is 83.6 Å². The Bertz CT molecular complexity index is 1360. The third kappa shape index (κ3) is 4.16. The average Bonchev–Trinajstić information content (AvgIpc) is 3.35. The molecule has 1 fully saturated rings. The molecule has 0 bridgehead atoms. The molecule has 3 heterocycles. The minimum absolute atomic E-state index is 0.0140. The fourth-order valence-electron chi connectivity index (χ4n) is 4.87. The lowest BCUT2D eigenvalue weighted by molar-refractivity contribution is 0.0731. The summed E-state index contributed by atoms with van der Waals surface area (Å²) >= 11 is 6.31. The van der Waals surface area contributed by atoms with E-state index < -0.39 is 18.1 Å². The Hall–Kier alpha value is -3.07. The first-order chi connectivity index (χ1) is 16.6. The number of aryl methyl sites for hydroxylation is 2. The van der Waals surface area contributed by atoms with Gasteiger partial charge in [-0.1, -0.05) is 18.5 Å². The average molecular weight is 502 g/mol. The maximum Gasteiger partial charge on any atom is 0.258 e. The molecule has 0 radical (unpaired) electrons. The summed E-state index contributed by atoms with van der Waals surface area (Å²) in [6.45, 7) is 6.19. The molecule has 3 aromatic rings. The molecule has 5 rings (SSSR count). The normalized spacial score (nSPS) is 22.4. The first-order valence-electron chi connectivity index (χ1n) is 11.6. The Kier molecular flexibility index (Phi) is 5.99. The lowest BCUT2D eigenvalue weighted by atomic mass is 10.0. The molecule has 3 atom stereocenters. The van der Waals surface area contributed by atoms with Crippen molar-refractivity contribution < 1.29 is 18.3 Å². The molecule has 7 nitrogen and oxygen atoms in total. The number of carbonyl (C=O) groups is 1. The number of alkyl halides is 1. The smallest absolute Gasteiger partial charge is 0.258 e. The van der Waals surface area contributed by atoms with Crippen molar-refractivity contribution in [3.8, 4) is 5.75 Å². The Morgan fingerprint density at radius 3 is 2.83 bits per heavy atom. The first-order valence-corrected chi connectivity index (χ1v) is 12.0. The molecule has 1 unspecified atom stereocenters. The van der Waals surface area contributed by atoms with Crippen molar-refractivity contribution in [3.05, 3.63) is 57.2 Å². The highest BCUT2D eigenvalue weighted by Crippen LogP contribution is 2.33. The van der Waals surface area contributed by atoms with Crippen LogP contribution in [0.25, 0.3) is 5.65 Å². The van der Waals surface area contributed by atoms with E-state index in [1.54, 1.807) is 9.42 Å². The van der Waals surface area contributed by atoms with Crippen molar-refractivity contribution in [1.29, 1.82) is 5.41 Å². The van der Waals surface area contributed by atoms with Crippen LogP contribution in [0.2, 0.25) is 5.02 Å². The minimum atomic E-state index is -1.60. The van der Waals surface area contributed by atoms with Crippen molar-refractivity contribution >= 4 is 28.9 Å². The van der Waals surface area contributed by atoms with Crippen LogP contribution in [0.4, 0.5) is 8.78 Å². The zero-order valence-corrected chi connectivity index (χ0v) is 20.5. The van der Waals surface area contributed by atoms with E-state index in [1.807, 2.05) is 20.8 Å². The number of benzene rings is 1. The first kappa shape index (κ1) is 23.7. The summed E-state index contributed by atoms with van der Waals surface area (Å²) in [6.07, 6.45) is -1.11. The van der Waals surface area contributed by atoms with Gasteiger partial charge < -0.3 is 15.0 Å². The summed E-state index contributed by atoms with van der Waals surface area (Å²) in [4.78, 5) is 19.7. The van der Waals surface area contributed by atoms with E-state index in [9.17, 15) is 13.6 Å². The molecule has 1 N–H and O–H groups in total. The standard InChI is InChI=1S/C25H26ClF2N5O2/c1-12-4-7-18(29)23(28)21(8-12)35-20-9-15(27)5-6-16(20)25(34)32-10-17-19(11-32)31-33-14(3)22(26)13(2)30-24(17)33/h5-6,9,12,21,23,29H,4,7-8,10-11H2,1-3H3/t12?,21-,23+/m0/s1. The largest absolute Gasteiger partial charge is 0.486 e. The monoisotopic (exact) mass is 501 g/mol. The Labute approximate surface area is 206 Å². The predicted octanol–water partition coefficient (Wildman–Crippen LogP) is 5.22. The number of nitrogens with one attached hydrogen (secondary N) is 1. The number of amides is 1. The lowest BCUT2D eigenvalue weighted by Crippen LogP contribution is -2.34. The highest BCUT2D eigenvalue weighted by molar-refractivity contribution is 6.31. The number of hydrogen-bond donors (Lipinski definition) is 1. The molecule has 0 saturated heterocycles. The van der Waals surface area contributed by atoms with Crippen molar-refractivity contribution in [2.24, 2.45) is 5.92 Å². The SMILES string of the molecule is Cc1nc2c3c(nn2c(C)c1Cl)CN(C(=O)c1ccc(F)cc1O[C@H]1CC(C)CCC(=N)[C@H]1F)C3. The molecule has 1 aliphatic heterocycles. The van der Waals surface area contributed by atoms with Gasteiger partial charge in [-0.15, -0.1) is 0 Å². The molecule has 35 heavy (non-hydrogen) atoms. The molecule has 2 aliphatic rings. The number of hydrogen-bond acceptors (Lipinski definition) is 5. The molecule has 1 amide bonds. The van der Waals surface area contributed by atoms with Gasteiger partial charge in [-0.3, -0.25) is 4.79 Å². The van der Waals surface area contributed by atoms with Gasteiger partial charge in [-0.05, 0) is 51.2 Å². The van der Waals surface area contributed by atoms with E-state index >= 15 is 0 Å². The van der Waals surface area contributed by atoms with Crippen molar-refractivity contribution in [1.82, 2.24) is 19.5 Å². The third-order valence-electron chi connectivity index (χ3n) is 6.90. The summed E-state index contributed by atoms with van der Waals surface area (Å²) in [5.74, 6) is -0.824. The van der Waals surface area contributed by atoms with Gasteiger partial charge in [0.1, 0.15) is 17.7 Å². The van der Waals surface area contributed by atoms with Gasteiger partial charge in [-0.2, -0.15) is 5.10 Å². The second kappa shape index (κ2) is 8.86. The Morgan fingerprint density at radius 1 is 1.29 bits per heavy atom. The second-order valence-corrected chi connectivity index (χ2v) is 9.90. The maximum atomic E-state index is 14.9. The number of nitrogens with zero attached hydrogens (tertiary/aromatic N) is 4. The van der Waals surface area contributed by atoms with Gasteiger partial charge in [0.2, 0.25) is 0 Å². The summed E-state index contributed by atoms with van der Waals surface area (Å²) in [5.41, 5.74) is 3.78. The van der Waals surface area contributed by atoms with Crippen LogP contribution >= 0.6 is 11.6 Å². The number of rotatable bonds is 3. The number of fused-ring (bicyclic) bond motifs is 3. The van der Waals surface area contributed by atoms with Gasteiger partial charge in [0.15, 0.2) is 11.8 Å². The van der Waals surface area contributed by atoms with Crippen LogP contribution in [0, 0.1) is 31.0 Å². The van der Waals surface area contributed by atoms with Crippen LogP contribution < -0.4 is 4.74 Å². The van der Waals surface area contributed by atoms with Crippen molar-refractivity contribution in [2.45, 2.75) is 65.4 Å². The van der Waals surface area contributed by atoms with E-state index in [4.69, 9.17) is 21.7 Å². The molecular formula is C25H26ClF2N5O2. The van der Waals surface area contributed by atoms with Crippen LogP contribution in [0.1, 0.15) is 59.2 Å². The fraction of sp³-hybridized carbons (Fsp3) is 0.440. The van der Waals surface area contributed by atoms with Gasteiger partial charge in [0, 0.05) is 17.3 Å². The minimum Gasteiger partial charge on any atom is -0.486 e. The Balaban J connectivity index is 1.43. The van der Waals surface area contributed by atoms with Crippen molar-refractivity contribution in [2.75, 3.05) is 0 Å². The maximum absolute atomic E-state index is 14.9. The lowest BCUT2D eigenvalue weighted by Gasteiger charge is -2.24. The number of halogens is 3. The molecular weight excluding hydrogens is 476 g/mol. The zero-order valence-electron chi connectivity index (χ0n) is 19.7. The Morgan fingerprint density at radius 2 is 2.06 bits per heavy atom. The van der Waals surface area contributed by atoms with Gasteiger partial charge in [0.25, 0.3) is 5.91 Å². The summed E-state index contributed by atoms with van der Waals surface area (Å²) in [7, 11) is 0. The number of ether oxygens (including phenoxy) is 1. The van der Waals surface area contributed by atoms with E-state index in [-0.39, 0.29) is 41.9 Å². The van der Waals surface area contributed by atoms with E-state index in [0.717, 1.165) is 23.0 Å². The zero-order chi connectivity index (χ0) is 25.0. The quantitative estimate of drug-likeness (QED) is 0.499.